The summed E-state index contributed by atoms with van der Waals surface area (Å²) in [5.74, 6) is -0.222. The summed E-state index contributed by atoms with van der Waals surface area (Å²) in [6.45, 7) is 2.15. The molecule has 1 unspecified atom stereocenters. The molecule has 2 aliphatic rings. The Labute approximate surface area is 114 Å². The Balaban J connectivity index is 1.94. The molecule has 0 saturated heterocycles. The van der Waals surface area contributed by atoms with Gasteiger partial charge >= 0.3 is 5.97 Å². The van der Waals surface area contributed by atoms with E-state index in [4.69, 9.17) is 0 Å². The molecule has 1 aromatic carbocycles. The quantitative estimate of drug-likeness (QED) is 0.865. The number of carbonyl (C=O) groups is 1. The molecule has 1 atom stereocenters. The Bertz CT molecular complexity index is 498. The van der Waals surface area contributed by atoms with E-state index in [2.05, 4.69) is 19.1 Å². The van der Waals surface area contributed by atoms with E-state index in [9.17, 15) is 9.90 Å². The predicted molar refractivity (Wildman–Crippen MR) is 75.7 cm³/mol. The second-order valence-corrected chi connectivity index (χ2v) is 6.17. The molecule has 0 heterocycles. The minimum atomic E-state index is -0.663. The van der Waals surface area contributed by atoms with Gasteiger partial charge in [-0.1, -0.05) is 31.4 Å². The van der Waals surface area contributed by atoms with Crippen LogP contribution < -0.4 is 0 Å². The Morgan fingerprint density at radius 2 is 1.84 bits per heavy atom. The van der Waals surface area contributed by atoms with E-state index in [1.54, 1.807) is 0 Å². The molecular weight excluding hydrogens is 236 g/mol. The fraction of sp³-hybridized carbons (Fsp3) is 0.588. The number of hydrogen-bond donors (Lipinski definition) is 1. The second kappa shape index (κ2) is 4.99. The van der Waals surface area contributed by atoms with Gasteiger partial charge < -0.3 is 5.11 Å². The SMILES string of the molecule is Cc1cc2c(cc1C1CCCCC1)CCC2C(=O)O. The third-order valence-corrected chi connectivity index (χ3v) is 4.95. The van der Waals surface area contributed by atoms with Crippen molar-refractivity contribution in [1.82, 2.24) is 0 Å². The number of benzene rings is 1. The first-order valence-corrected chi connectivity index (χ1v) is 7.53. The van der Waals surface area contributed by atoms with E-state index in [1.807, 2.05) is 0 Å². The van der Waals surface area contributed by atoms with E-state index < -0.39 is 5.97 Å². The number of fused-ring (bicyclic) bond motifs is 1. The first kappa shape index (κ1) is 12.7. The van der Waals surface area contributed by atoms with Crippen molar-refractivity contribution in [3.63, 3.8) is 0 Å². The maximum atomic E-state index is 11.3. The van der Waals surface area contributed by atoms with Gasteiger partial charge in [0.1, 0.15) is 0 Å². The van der Waals surface area contributed by atoms with Crippen LogP contribution in [0.15, 0.2) is 12.1 Å². The van der Waals surface area contributed by atoms with E-state index >= 15 is 0 Å². The second-order valence-electron chi connectivity index (χ2n) is 6.17. The van der Waals surface area contributed by atoms with Crippen molar-refractivity contribution in [3.8, 4) is 0 Å². The van der Waals surface area contributed by atoms with Gasteiger partial charge in [0, 0.05) is 0 Å². The molecular formula is C17H22O2. The van der Waals surface area contributed by atoms with Crippen molar-refractivity contribution >= 4 is 5.97 Å². The lowest BCUT2D eigenvalue weighted by molar-refractivity contribution is -0.138. The molecule has 0 aliphatic heterocycles. The molecule has 0 amide bonds. The van der Waals surface area contributed by atoms with E-state index in [0.29, 0.717) is 5.92 Å². The number of hydrogen-bond acceptors (Lipinski definition) is 1. The summed E-state index contributed by atoms with van der Waals surface area (Å²) in [7, 11) is 0. The van der Waals surface area contributed by atoms with Gasteiger partial charge in [-0.15, -0.1) is 0 Å². The first-order chi connectivity index (χ1) is 9.16. The molecule has 0 aromatic heterocycles. The minimum absolute atomic E-state index is 0.269. The third-order valence-electron chi connectivity index (χ3n) is 4.95. The van der Waals surface area contributed by atoms with Crippen LogP contribution in [0.2, 0.25) is 0 Å². The van der Waals surface area contributed by atoms with Crippen LogP contribution in [0.1, 0.15) is 72.6 Å². The van der Waals surface area contributed by atoms with E-state index in [-0.39, 0.29) is 5.92 Å². The van der Waals surface area contributed by atoms with Crippen LogP contribution in [0.3, 0.4) is 0 Å². The normalized spacial score (nSPS) is 23.3. The Hall–Kier alpha value is -1.31. The van der Waals surface area contributed by atoms with Gasteiger partial charge in [0.15, 0.2) is 0 Å². The largest absolute Gasteiger partial charge is 0.481 e. The van der Waals surface area contributed by atoms with Crippen molar-refractivity contribution in [3.05, 3.63) is 34.4 Å². The summed E-state index contributed by atoms with van der Waals surface area (Å²) >= 11 is 0. The smallest absolute Gasteiger partial charge is 0.310 e. The zero-order valence-corrected chi connectivity index (χ0v) is 11.6. The lowest BCUT2D eigenvalue weighted by Gasteiger charge is -2.24. The van der Waals surface area contributed by atoms with Gasteiger partial charge in [-0.2, -0.15) is 0 Å². The molecule has 0 bridgehead atoms. The van der Waals surface area contributed by atoms with Crippen molar-refractivity contribution in [2.75, 3.05) is 0 Å². The summed E-state index contributed by atoms with van der Waals surface area (Å²) < 4.78 is 0. The highest BCUT2D eigenvalue weighted by molar-refractivity contribution is 5.78. The van der Waals surface area contributed by atoms with Crippen LogP contribution in [-0.2, 0) is 11.2 Å². The number of aliphatic carboxylic acids is 1. The average Bonchev–Trinajstić information content (AvgIpc) is 2.81. The lowest BCUT2D eigenvalue weighted by atomic mass is 9.81. The molecule has 1 fully saturated rings. The van der Waals surface area contributed by atoms with Gasteiger partial charge in [-0.25, -0.2) is 0 Å². The van der Waals surface area contributed by atoms with Crippen molar-refractivity contribution < 1.29 is 9.90 Å². The Morgan fingerprint density at radius 3 is 2.53 bits per heavy atom. The summed E-state index contributed by atoms with van der Waals surface area (Å²) in [5.41, 5.74) is 5.16. The molecule has 2 aliphatic carbocycles. The molecule has 0 radical (unpaired) electrons. The van der Waals surface area contributed by atoms with Gasteiger partial charge in [-0.3, -0.25) is 4.79 Å². The molecule has 1 aromatic rings. The van der Waals surface area contributed by atoms with Crippen LogP contribution >= 0.6 is 0 Å². The lowest BCUT2D eigenvalue weighted by Crippen LogP contribution is -2.10. The third kappa shape index (κ3) is 2.29. The highest BCUT2D eigenvalue weighted by Crippen LogP contribution is 2.40. The molecule has 2 heteroatoms. The van der Waals surface area contributed by atoms with Crippen LogP contribution in [0.5, 0.6) is 0 Å². The van der Waals surface area contributed by atoms with E-state index in [0.717, 1.165) is 18.4 Å². The molecule has 102 valence electrons. The summed E-state index contributed by atoms with van der Waals surface area (Å²) in [4.78, 5) is 11.3. The number of rotatable bonds is 2. The van der Waals surface area contributed by atoms with Gasteiger partial charge in [0.25, 0.3) is 0 Å². The average molecular weight is 258 g/mol. The summed E-state index contributed by atoms with van der Waals surface area (Å²) in [6.07, 6.45) is 8.40. The zero-order chi connectivity index (χ0) is 13.4. The van der Waals surface area contributed by atoms with Crippen molar-refractivity contribution in [1.29, 1.82) is 0 Å². The number of carboxylic acid groups (broad SMARTS) is 1. The zero-order valence-electron chi connectivity index (χ0n) is 11.6. The number of aryl methyl sites for hydroxylation is 2. The minimum Gasteiger partial charge on any atom is -0.481 e. The Kier molecular flexibility index (Phi) is 3.34. The van der Waals surface area contributed by atoms with Gasteiger partial charge in [0.2, 0.25) is 0 Å². The van der Waals surface area contributed by atoms with Crippen LogP contribution in [0.25, 0.3) is 0 Å². The molecule has 3 rings (SSSR count). The fourth-order valence-corrected chi connectivity index (χ4v) is 3.90. The topological polar surface area (TPSA) is 37.3 Å². The van der Waals surface area contributed by atoms with Gasteiger partial charge in [-0.05, 0) is 60.8 Å². The van der Waals surface area contributed by atoms with Crippen molar-refractivity contribution in [2.24, 2.45) is 0 Å². The Morgan fingerprint density at radius 1 is 1.11 bits per heavy atom. The molecule has 1 saturated carbocycles. The maximum Gasteiger partial charge on any atom is 0.310 e. The van der Waals surface area contributed by atoms with E-state index in [1.165, 1.54) is 48.8 Å². The van der Waals surface area contributed by atoms with Crippen LogP contribution in [0.4, 0.5) is 0 Å². The molecule has 1 N–H and O–H groups in total. The highest BCUT2D eigenvalue weighted by atomic mass is 16.4. The monoisotopic (exact) mass is 258 g/mol. The maximum absolute atomic E-state index is 11.3. The molecule has 0 spiro atoms. The summed E-state index contributed by atoms with van der Waals surface area (Å²) in [6, 6.07) is 4.48. The fourth-order valence-electron chi connectivity index (χ4n) is 3.90. The predicted octanol–water partition coefficient (Wildman–Crippen LogP) is 4.16. The first-order valence-electron chi connectivity index (χ1n) is 7.53. The molecule has 2 nitrogen and oxygen atoms in total. The standard InChI is InChI=1S/C17H22O2/c1-11-9-16-13(7-8-14(16)17(18)19)10-15(11)12-5-3-2-4-6-12/h9-10,12,14H,2-8H2,1H3,(H,18,19). The van der Waals surface area contributed by atoms with Crippen LogP contribution in [0, 0.1) is 6.92 Å². The highest BCUT2D eigenvalue weighted by Gasteiger charge is 2.30. The van der Waals surface area contributed by atoms with Gasteiger partial charge in [0.05, 0.1) is 5.92 Å². The van der Waals surface area contributed by atoms with Crippen LogP contribution in [-0.4, -0.2) is 11.1 Å². The number of carboxylic acids is 1. The molecule has 19 heavy (non-hydrogen) atoms. The summed E-state index contributed by atoms with van der Waals surface area (Å²) in [5, 5.41) is 9.27. The van der Waals surface area contributed by atoms with Crippen molar-refractivity contribution in [2.45, 2.75) is 63.7 Å².